The van der Waals surface area contributed by atoms with Crippen molar-refractivity contribution in [2.75, 3.05) is 0 Å². The quantitative estimate of drug-likeness (QED) is 0.240. The van der Waals surface area contributed by atoms with Crippen LogP contribution in [0.1, 0.15) is 5.56 Å². The molecule has 0 fully saturated rings. The summed E-state index contributed by atoms with van der Waals surface area (Å²) in [6.07, 6.45) is 0. The van der Waals surface area contributed by atoms with Crippen molar-refractivity contribution in [1.29, 1.82) is 0 Å². The van der Waals surface area contributed by atoms with Crippen LogP contribution in [0.25, 0.3) is 50.2 Å². The molecule has 0 amide bonds. The Bertz CT molecular complexity index is 1950. The summed E-state index contributed by atoms with van der Waals surface area (Å²) in [6.45, 7) is 0. The molecule has 0 radical (unpaired) electrons. The molecule has 180 valence electrons. The smallest absolute Gasteiger partial charge is 0.299 e. The van der Waals surface area contributed by atoms with Crippen LogP contribution in [0.15, 0.2) is 84.6 Å². The summed E-state index contributed by atoms with van der Waals surface area (Å²) in [5, 5.41) is 31.3. The van der Waals surface area contributed by atoms with Gasteiger partial charge in [-0.05, 0) is 17.7 Å². The van der Waals surface area contributed by atoms with E-state index in [9.17, 15) is 29.7 Å². The number of H-pyrrole nitrogens is 2. The molecular formula is C29H18N2O6. The van der Waals surface area contributed by atoms with E-state index in [-0.39, 0.29) is 16.1 Å². The molecule has 0 saturated heterocycles. The van der Waals surface area contributed by atoms with Gasteiger partial charge < -0.3 is 25.3 Å². The van der Waals surface area contributed by atoms with E-state index in [0.717, 1.165) is 0 Å². The molecular weight excluding hydrogens is 472 g/mol. The third-order valence-electron chi connectivity index (χ3n) is 6.54. The summed E-state index contributed by atoms with van der Waals surface area (Å²) < 4.78 is 0. The molecule has 0 saturated carbocycles. The fraction of sp³-hybridized carbons (Fsp3) is 0. The number of fused-ring (bicyclic) bond motifs is 2. The first-order chi connectivity index (χ1) is 17.9. The molecule has 8 heteroatoms. The van der Waals surface area contributed by atoms with Crippen molar-refractivity contribution in [3.63, 3.8) is 0 Å². The number of para-hydroxylation sites is 2. The Labute approximate surface area is 208 Å². The number of ketones is 3. The first kappa shape index (κ1) is 22.1. The minimum absolute atomic E-state index is 0.160. The predicted octanol–water partition coefficient (Wildman–Crippen LogP) is 3.34. The number of Topliss-reactive ketones (excluding diaryl/α,β-unsaturated/α-hetero) is 3. The summed E-state index contributed by atoms with van der Waals surface area (Å²) in [7, 11) is 0. The van der Waals surface area contributed by atoms with Crippen LogP contribution < -0.4 is 10.6 Å². The summed E-state index contributed by atoms with van der Waals surface area (Å²) in [6, 6.07) is 22.6. The number of rotatable bonds is 2. The molecule has 0 unspecified atom stereocenters. The van der Waals surface area contributed by atoms with E-state index < -0.39 is 40.2 Å². The summed E-state index contributed by atoms with van der Waals surface area (Å²) >= 11 is 0. The van der Waals surface area contributed by atoms with Gasteiger partial charge in [0.15, 0.2) is 5.76 Å². The van der Waals surface area contributed by atoms with Crippen molar-refractivity contribution in [2.45, 2.75) is 0 Å². The monoisotopic (exact) mass is 490 g/mol. The van der Waals surface area contributed by atoms with Crippen molar-refractivity contribution >= 4 is 56.2 Å². The lowest BCUT2D eigenvalue weighted by atomic mass is 9.83. The lowest BCUT2D eigenvalue weighted by Crippen LogP contribution is -2.39. The highest BCUT2D eigenvalue weighted by Crippen LogP contribution is 2.39. The third kappa shape index (κ3) is 3.20. The SMILES string of the molecule is O=C1C(=O)/C(=c2/c(=C(O)O)[nH]c3ccccc23)C(=O)C(O)=C1c1c(-c2ccccc2)[nH]c2ccccc12. The van der Waals surface area contributed by atoms with E-state index in [1.807, 2.05) is 6.07 Å². The molecule has 8 nitrogen and oxygen atoms in total. The molecule has 5 aromatic rings. The standard InChI is InChI=1S/C29H18N2O6/c32-25-21(19-15-10-4-6-12-17(15)30-23(19)14-8-2-1-3-9-14)26(33)28(35)22(27(25)34)20-16-11-5-7-13-18(16)31-24(20)29(36)37/h1-13,30-32,36-37H/b22-20+. The largest absolute Gasteiger partial charge is 0.504 e. The molecule has 0 bridgehead atoms. The van der Waals surface area contributed by atoms with Gasteiger partial charge in [-0.3, -0.25) is 14.4 Å². The van der Waals surface area contributed by atoms with Crippen LogP contribution >= 0.6 is 0 Å². The Balaban J connectivity index is 1.72. The molecule has 5 N–H and O–H groups in total. The second-order valence-electron chi connectivity index (χ2n) is 8.62. The van der Waals surface area contributed by atoms with Crippen LogP contribution in [-0.4, -0.2) is 42.6 Å². The van der Waals surface area contributed by atoms with Gasteiger partial charge in [0.05, 0.1) is 16.8 Å². The van der Waals surface area contributed by atoms with Gasteiger partial charge in [-0.1, -0.05) is 66.7 Å². The van der Waals surface area contributed by atoms with Crippen molar-refractivity contribution in [1.82, 2.24) is 9.97 Å². The number of aliphatic hydroxyl groups excluding tert-OH is 2. The fourth-order valence-corrected chi connectivity index (χ4v) is 4.92. The third-order valence-corrected chi connectivity index (χ3v) is 6.54. The van der Waals surface area contributed by atoms with Gasteiger partial charge >= 0.3 is 0 Å². The highest BCUT2D eigenvalue weighted by Gasteiger charge is 2.41. The van der Waals surface area contributed by atoms with Crippen LogP contribution in [0.2, 0.25) is 0 Å². The topological polar surface area (TPSA) is 143 Å². The maximum atomic E-state index is 13.6. The van der Waals surface area contributed by atoms with E-state index in [1.54, 1.807) is 72.8 Å². The Kier molecular flexibility index (Phi) is 4.84. The number of hydrogen-bond donors (Lipinski definition) is 5. The van der Waals surface area contributed by atoms with Crippen molar-refractivity contribution in [3.8, 4) is 11.3 Å². The summed E-state index contributed by atoms with van der Waals surface area (Å²) in [5.41, 5.74) is 1.41. The zero-order valence-electron chi connectivity index (χ0n) is 19.1. The first-order valence-corrected chi connectivity index (χ1v) is 11.3. The fourth-order valence-electron chi connectivity index (χ4n) is 4.92. The first-order valence-electron chi connectivity index (χ1n) is 11.3. The highest BCUT2D eigenvalue weighted by atomic mass is 16.5. The number of aromatic nitrogens is 2. The number of nitrogens with one attached hydrogen (secondary N) is 2. The minimum atomic E-state index is -1.16. The van der Waals surface area contributed by atoms with Crippen molar-refractivity contribution in [2.24, 2.45) is 0 Å². The van der Waals surface area contributed by atoms with Gasteiger partial charge in [0, 0.05) is 32.6 Å². The zero-order valence-corrected chi connectivity index (χ0v) is 19.1. The molecule has 1 aliphatic carbocycles. The molecule has 3 aromatic carbocycles. The Morgan fingerprint density at radius 3 is 1.86 bits per heavy atom. The average Bonchev–Trinajstić information content (AvgIpc) is 3.48. The number of aromatic amines is 2. The maximum Gasteiger partial charge on any atom is 0.299 e. The lowest BCUT2D eigenvalue weighted by Gasteiger charge is -2.17. The predicted molar refractivity (Wildman–Crippen MR) is 138 cm³/mol. The summed E-state index contributed by atoms with van der Waals surface area (Å²) in [5.74, 6) is -5.38. The number of hydrogen-bond acceptors (Lipinski definition) is 6. The van der Waals surface area contributed by atoms with Crippen LogP contribution in [0.5, 0.6) is 0 Å². The van der Waals surface area contributed by atoms with E-state index >= 15 is 0 Å². The van der Waals surface area contributed by atoms with Crippen LogP contribution in [0.3, 0.4) is 0 Å². The molecule has 6 rings (SSSR count). The zero-order chi connectivity index (χ0) is 25.8. The minimum Gasteiger partial charge on any atom is -0.504 e. The number of benzene rings is 3. The van der Waals surface area contributed by atoms with Gasteiger partial charge in [-0.25, -0.2) is 0 Å². The summed E-state index contributed by atoms with van der Waals surface area (Å²) in [4.78, 5) is 46.7. The van der Waals surface area contributed by atoms with Crippen LogP contribution in [-0.2, 0) is 14.4 Å². The number of allylic oxidation sites excluding steroid dienone is 2. The van der Waals surface area contributed by atoms with Crippen molar-refractivity contribution in [3.05, 3.63) is 101 Å². The van der Waals surface area contributed by atoms with Crippen LogP contribution in [0, 0.1) is 0 Å². The number of carbonyl (C=O) groups is 3. The van der Waals surface area contributed by atoms with Crippen LogP contribution in [0.4, 0.5) is 0 Å². The maximum absolute atomic E-state index is 13.6. The Hall–Kier alpha value is -5.37. The highest BCUT2D eigenvalue weighted by molar-refractivity contribution is 6.75. The number of aliphatic hydroxyl groups is 3. The Morgan fingerprint density at radius 2 is 1.19 bits per heavy atom. The molecule has 2 aromatic heterocycles. The second kappa shape index (κ2) is 8.10. The van der Waals surface area contributed by atoms with Gasteiger partial charge in [0.2, 0.25) is 17.3 Å². The number of carbonyl (C=O) groups excluding carboxylic acids is 3. The van der Waals surface area contributed by atoms with Gasteiger partial charge in [-0.2, -0.15) is 0 Å². The van der Waals surface area contributed by atoms with E-state index in [0.29, 0.717) is 33.1 Å². The molecule has 0 spiro atoms. The van der Waals surface area contributed by atoms with Crippen molar-refractivity contribution < 1.29 is 29.7 Å². The molecule has 2 heterocycles. The molecule has 0 atom stereocenters. The van der Waals surface area contributed by atoms with Gasteiger partial charge in [0.25, 0.3) is 5.95 Å². The second-order valence-corrected chi connectivity index (χ2v) is 8.62. The lowest BCUT2D eigenvalue weighted by molar-refractivity contribution is -0.131. The van der Waals surface area contributed by atoms with Gasteiger partial charge in [-0.15, -0.1) is 0 Å². The Morgan fingerprint density at radius 1 is 0.622 bits per heavy atom. The van der Waals surface area contributed by atoms with E-state index in [1.165, 1.54) is 0 Å². The molecule has 37 heavy (non-hydrogen) atoms. The average molecular weight is 490 g/mol. The molecule has 0 aliphatic heterocycles. The normalized spacial score (nSPS) is 15.7. The van der Waals surface area contributed by atoms with E-state index in [4.69, 9.17) is 0 Å². The van der Waals surface area contributed by atoms with Gasteiger partial charge in [0.1, 0.15) is 5.35 Å². The van der Waals surface area contributed by atoms with E-state index in [2.05, 4.69) is 9.97 Å². The molecule has 1 aliphatic rings.